The van der Waals surface area contributed by atoms with Gasteiger partial charge in [-0.25, -0.2) is 0 Å². The summed E-state index contributed by atoms with van der Waals surface area (Å²) in [6, 6.07) is 17.0. The first-order chi connectivity index (χ1) is 11.5. The summed E-state index contributed by atoms with van der Waals surface area (Å²) in [4.78, 5) is 25.6. The van der Waals surface area contributed by atoms with E-state index in [2.05, 4.69) is 5.32 Å². The molecule has 24 heavy (non-hydrogen) atoms. The molecule has 0 unspecified atom stereocenters. The van der Waals surface area contributed by atoms with Crippen molar-refractivity contribution in [1.82, 2.24) is 10.2 Å². The molecule has 0 bridgehead atoms. The molecule has 0 aromatic heterocycles. The predicted molar refractivity (Wildman–Crippen MR) is 95.7 cm³/mol. The number of halogens is 1. The Morgan fingerprint density at radius 3 is 2.46 bits per heavy atom. The van der Waals surface area contributed by atoms with Crippen LogP contribution in [-0.2, 0) is 22.6 Å². The molecule has 0 heterocycles. The lowest BCUT2D eigenvalue weighted by Gasteiger charge is -2.17. The highest BCUT2D eigenvalue weighted by atomic mass is 35.5. The van der Waals surface area contributed by atoms with Crippen LogP contribution in [0.2, 0.25) is 5.02 Å². The largest absolute Gasteiger partial charge is 0.355 e. The lowest BCUT2D eigenvalue weighted by atomic mass is 10.1. The Bertz CT molecular complexity index is 689. The predicted octanol–water partition coefficient (Wildman–Crippen LogP) is 3.05. The van der Waals surface area contributed by atoms with Crippen LogP contribution in [0.15, 0.2) is 54.6 Å². The minimum Gasteiger partial charge on any atom is -0.355 e. The van der Waals surface area contributed by atoms with Gasteiger partial charge in [-0.05, 0) is 23.3 Å². The van der Waals surface area contributed by atoms with Crippen molar-refractivity contribution >= 4 is 23.4 Å². The number of nitrogens with zero attached hydrogens (tertiary/aromatic N) is 1. The smallest absolute Gasteiger partial charge is 0.224 e. The number of benzene rings is 2. The van der Waals surface area contributed by atoms with Gasteiger partial charge in [0, 0.05) is 31.6 Å². The molecule has 2 amide bonds. The molecule has 0 fully saturated rings. The highest BCUT2D eigenvalue weighted by molar-refractivity contribution is 6.30. The molecular weight excluding hydrogens is 324 g/mol. The van der Waals surface area contributed by atoms with Crippen LogP contribution in [-0.4, -0.2) is 30.3 Å². The van der Waals surface area contributed by atoms with E-state index in [1.165, 1.54) is 0 Å². The number of carbonyl (C=O) groups excluding carboxylic acids is 2. The topological polar surface area (TPSA) is 49.4 Å². The molecular formula is C19H21ClN2O2. The zero-order valence-corrected chi connectivity index (χ0v) is 14.4. The summed E-state index contributed by atoms with van der Waals surface area (Å²) in [5.74, 6) is -0.0959. The molecule has 2 rings (SSSR count). The van der Waals surface area contributed by atoms with E-state index >= 15 is 0 Å². The van der Waals surface area contributed by atoms with Crippen LogP contribution in [0.5, 0.6) is 0 Å². The summed E-state index contributed by atoms with van der Waals surface area (Å²) in [7, 11) is 1.75. The fourth-order valence-corrected chi connectivity index (χ4v) is 2.55. The molecule has 0 spiro atoms. The summed E-state index contributed by atoms with van der Waals surface area (Å²) < 4.78 is 0. The number of carbonyl (C=O) groups is 2. The third-order valence-electron chi connectivity index (χ3n) is 3.60. The van der Waals surface area contributed by atoms with Crippen molar-refractivity contribution in [3.05, 3.63) is 70.7 Å². The highest BCUT2D eigenvalue weighted by Gasteiger charge is 2.10. The summed E-state index contributed by atoms with van der Waals surface area (Å²) in [5, 5.41) is 3.44. The second-order valence-electron chi connectivity index (χ2n) is 5.64. The van der Waals surface area contributed by atoms with E-state index in [0.29, 0.717) is 24.5 Å². The number of amides is 2. The minimum atomic E-state index is -0.0773. The molecule has 126 valence electrons. The Hall–Kier alpha value is -2.33. The lowest BCUT2D eigenvalue weighted by molar-refractivity contribution is -0.130. The molecule has 5 heteroatoms. The van der Waals surface area contributed by atoms with Gasteiger partial charge in [0.15, 0.2) is 0 Å². The third-order valence-corrected chi connectivity index (χ3v) is 3.84. The zero-order chi connectivity index (χ0) is 17.4. The Morgan fingerprint density at radius 2 is 1.75 bits per heavy atom. The molecule has 0 saturated heterocycles. The maximum atomic E-state index is 12.1. The van der Waals surface area contributed by atoms with E-state index in [-0.39, 0.29) is 18.2 Å². The fraction of sp³-hybridized carbons (Fsp3) is 0.263. The van der Waals surface area contributed by atoms with Gasteiger partial charge in [-0.1, -0.05) is 54.1 Å². The number of hydrogen-bond donors (Lipinski definition) is 1. The minimum absolute atomic E-state index is 0.0185. The van der Waals surface area contributed by atoms with Gasteiger partial charge >= 0.3 is 0 Å². The fourth-order valence-electron chi connectivity index (χ4n) is 2.34. The van der Waals surface area contributed by atoms with E-state index < -0.39 is 0 Å². The summed E-state index contributed by atoms with van der Waals surface area (Å²) in [6.07, 6.45) is 0.602. The number of hydrogen-bond acceptors (Lipinski definition) is 2. The first-order valence-electron chi connectivity index (χ1n) is 7.83. The first-order valence-corrected chi connectivity index (χ1v) is 8.21. The molecule has 0 aliphatic rings. The quantitative estimate of drug-likeness (QED) is 0.839. The lowest BCUT2D eigenvalue weighted by Crippen LogP contribution is -2.32. The molecule has 1 N–H and O–H groups in total. The van der Waals surface area contributed by atoms with Crippen molar-refractivity contribution in [2.45, 2.75) is 19.4 Å². The van der Waals surface area contributed by atoms with Gasteiger partial charge in [-0.3, -0.25) is 9.59 Å². The van der Waals surface area contributed by atoms with E-state index in [0.717, 1.165) is 11.1 Å². The number of nitrogens with one attached hydrogen (secondary N) is 1. The Labute approximate surface area is 147 Å². The van der Waals surface area contributed by atoms with Crippen LogP contribution in [0.3, 0.4) is 0 Å². The van der Waals surface area contributed by atoms with Gasteiger partial charge in [0.1, 0.15) is 0 Å². The van der Waals surface area contributed by atoms with Gasteiger partial charge in [0.25, 0.3) is 0 Å². The average molecular weight is 345 g/mol. The Balaban J connectivity index is 1.71. The van der Waals surface area contributed by atoms with Crippen LogP contribution in [0.4, 0.5) is 0 Å². The van der Waals surface area contributed by atoms with Crippen molar-refractivity contribution in [2.75, 3.05) is 13.6 Å². The second kappa shape index (κ2) is 9.08. The SMILES string of the molecule is CN(Cc1cccc(Cl)c1)C(=O)CCNC(=O)Cc1ccccc1. The Kier molecular flexibility index (Phi) is 6.82. The zero-order valence-electron chi connectivity index (χ0n) is 13.7. The van der Waals surface area contributed by atoms with Crippen molar-refractivity contribution in [3.8, 4) is 0 Å². The Morgan fingerprint density at radius 1 is 1.04 bits per heavy atom. The van der Waals surface area contributed by atoms with Crippen molar-refractivity contribution in [2.24, 2.45) is 0 Å². The molecule has 0 saturated carbocycles. The van der Waals surface area contributed by atoms with Gasteiger partial charge in [0.2, 0.25) is 11.8 Å². The molecule has 2 aromatic carbocycles. The summed E-state index contributed by atoms with van der Waals surface area (Å²) in [5.41, 5.74) is 1.94. The van der Waals surface area contributed by atoms with E-state index in [4.69, 9.17) is 11.6 Å². The van der Waals surface area contributed by atoms with Crippen LogP contribution < -0.4 is 5.32 Å². The van der Waals surface area contributed by atoms with E-state index in [1.54, 1.807) is 18.0 Å². The maximum Gasteiger partial charge on any atom is 0.224 e. The van der Waals surface area contributed by atoms with E-state index in [9.17, 15) is 9.59 Å². The van der Waals surface area contributed by atoms with E-state index in [1.807, 2.05) is 48.5 Å². The van der Waals surface area contributed by atoms with Gasteiger partial charge in [0.05, 0.1) is 6.42 Å². The molecule has 4 nitrogen and oxygen atoms in total. The second-order valence-corrected chi connectivity index (χ2v) is 6.08. The molecule has 0 atom stereocenters. The monoisotopic (exact) mass is 344 g/mol. The van der Waals surface area contributed by atoms with Gasteiger partial charge in [-0.15, -0.1) is 0 Å². The van der Waals surface area contributed by atoms with Gasteiger partial charge < -0.3 is 10.2 Å². The van der Waals surface area contributed by atoms with Crippen LogP contribution >= 0.6 is 11.6 Å². The summed E-state index contributed by atoms with van der Waals surface area (Å²) in [6.45, 7) is 0.835. The highest BCUT2D eigenvalue weighted by Crippen LogP contribution is 2.12. The molecule has 0 aliphatic carbocycles. The first kappa shape index (κ1) is 18.0. The summed E-state index contributed by atoms with van der Waals surface area (Å²) >= 11 is 5.94. The van der Waals surface area contributed by atoms with Crippen molar-refractivity contribution in [1.29, 1.82) is 0 Å². The average Bonchev–Trinajstić information content (AvgIpc) is 2.55. The molecule has 0 aliphatic heterocycles. The van der Waals surface area contributed by atoms with Crippen molar-refractivity contribution in [3.63, 3.8) is 0 Å². The molecule has 0 radical (unpaired) electrons. The van der Waals surface area contributed by atoms with Crippen LogP contribution in [0, 0.1) is 0 Å². The maximum absolute atomic E-state index is 12.1. The normalized spacial score (nSPS) is 10.2. The van der Waals surface area contributed by atoms with Crippen LogP contribution in [0.1, 0.15) is 17.5 Å². The van der Waals surface area contributed by atoms with Crippen molar-refractivity contribution < 1.29 is 9.59 Å². The molecule has 2 aromatic rings. The van der Waals surface area contributed by atoms with Crippen LogP contribution in [0.25, 0.3) is 0 Å². The van der Waals surface area contributed by atoms with Gasteiger partial charge in [-0.2, -0.15) is 0 Å². The standard InChI is InChI=1S/C19H21ClN2O2/c1-22(14-16-8-5-9-17(20)12-16)19(24)10-11-21-18(23)13-15-6-3-2-4-7-15/h2-9,12H,10-11,13-14H2,1H3,(H,21,23). The number of rotatable bonds is 7. The third kappa shape index (κ3) is 6.05.